The van der Waals surface area contributed by atoms with Crippen molar-refractivity contribution in [3.05, 3.63) is 42.1 Å². The summed E-state index contributed by atoms with van der Waals surface area (Å²) in [5, 5.41) is 7.73. The molecule has 0 aliphatic heterocycles. The molecule has 0 bridgehead atoms. The lowest BCUT2D eigenvalue weighted by atomic mass is 9.85. The van der Waals surface area contributed by atoms with Crippen LogP contribution in [0.4, 0.5) is 11.5 Å². The number of carbonyl (C=O) groups excluding carboxylic acids is 2. The molecule has 1 saturated carbocycles. The van der Waals surface area contributed by atoms with Crippen molar-refractivity contribution in [3.63, 3.8) is 0 Å². The maximum Gasteiger partial charge on any atom is 0.309 e. The molecule has 0 spiro atoms. The fourth-order valence-corrected chi connectivity index (χ4v) is 3.51. The van der Waals surface area contributed by atoms with E-state index in [1.807, 2.05) is 51.1 Å². The maximum atomic E-state index is 12.5. The van der Waals surface area contributed by atoms with Crippen LogP contribution in [-0.2, 0) is 9.53 Å². The van der Waals surface area contributed by atoms with Crippen molar-refractivity contribution in [3.8, 4) is 0 Å². The number of amides is 1. The minimum absolute atomic E-state index is 0.0238. The van der Waals surface area contributed by atoms with Gasteiger partial charge in [0.1, 0.15) is 11.2 Å². The third-order valence-corrected chi connectivity index (χ3v) is 4.79. The van der Waals surface area contributed by atoms with E-state index in [4.69, 9.17) is 10.5 Å². The normalized spacial score (nSPS) is 19.8. The molecule has 2 aromatic rings. The summed E-state index contributed by atoms with van der Waals surface area (Å²) in [6, 6.07) is 9.52. The number of carbonyl (C=O) groups is 2. The Bertz CT molecular complexity index is 839. The standard InChI is InChI=1S/C21H28N4O3/c1-21(2,3)28-20(27)14-8-7-11-16(12-14)25-13-17(18(22)26)19(24-25)23-15-9-5-4-6-10-15/h4-6,9-10,13-14,16H,7-8,11-12H2,1-3H3,(H2,22,26)(H,23,24)/t14?,16-/m1/s1. The highest BCUT2D eigenvalue weighted by Gasteiger charge is 2.32. The highest BCUT2D eigenvalue weighted by atomic mass is 16.6. The zero-order valence-corrected chi connectivity index (χ0v) is 16.6. The Balaban J connectivity index is 1.78. The Kier molecular flexibility index (Phi) is 5.72. The minimum Gasteiger partial charge on any atom is -0.460 e. The van der Waals surface area contributed by atoms with E-state index in [0.717, 1.165) is 24.9 Å². The molecule has 1 aliphatic rings. The first-order valence-electron chi connectivity index (χ1n) is 9.67. The quantitative estimate of drug-likeness (QED) is 0.764. The molecule has 1 aliphatic carbocycles. The summed E-state index contributed by atoms with van der Waals surface area (Å²) in [7, 11) is 0. The summed E-state index contributed by atoms with van der Waals surface area (Å²) < 4.78 is 7.32. The maximum absolute atomic E-state index is 12.5. The molecule has 7 nitrogen and oxygen atoms in total. The number of nitrogens with one attached hydrogen (secondary N) is 1. The first-order chi connectivity index (χ1) is 13.2. The molecular formula is C21H28N4O3. The van der Waals surface area contributed by atoms with Crippen molar-refractivity contribution in [2.45, 2.75) is 58.1 Å². The van der Waals surface area contributed by atoms with Crippen LogP contribution in [-0.4, -0.2) is 27.3 Å². The average Bonchev–Trinajstić information content (AvgIpc) is 3.05. The fraction of sp³-hybridized carbons (Fsp3) is 0.476. The number of hydrogen-bond donors (Lipinski definition) is 2. The van der Waals surface area contributed by atoms with E-state index in [1.165, 1.54) is 0 Å². The Morgan fingerprint density at radius 3 is 2.57 bits per heavy atom. The predicted molar refractivity (Wildman–Crippen MR) is 107 cm³/mol. The number of aromatic nitrogens is 2. The Labute approximate surface area is 165 Å². The van der Waals surface area contributed by atoms with E-state index in [9.17, 15) is 9.59 Å². The molecule has 1 amide bonds. The molecule has 3 rings (SSSR count). The second-order valence-electron chi connectivity index (χ2n) is 8.28. The van der Waals surface area contributed by atoms with E-state index in [2.05, 4.69) is 10.4 Å². The van der Waals surface area contributed by atoms with Gasteiger partial charge < -0.3 is 15.8 Å². The molecule has 3 N–H and O–H groups in total. The number of esters is 1. The summed E-state index contributed by atoms with van der Waals surface area (Å²) in [6.45, 7) is 5.62. The van der Waals surface area contributed by atoms with Crippen LogP contribution in [0.5, 0.6) is 0 Å². The molecular weight excluding hydrogens is 356 g/mol. The highest BCUT2D eigenvalue weighted by molar-refractivity contribution is 5.98. The van der Waals surface area contributed by atoms with Gasteiger partial charge in [0.25, 0.3) is 5.91 Å². The van der Waals surface area contributed by atoms with Gasteiger partial charge in [-0.3, -0.25) is 14.3 Å². The lowest BCUT2D eigenvalue weighted by Gasteiger charge is -2.30. The van der Waals surface area contributed by atoms with Crippen molar-refractivity contribution < 1.29 is 14.3 Å². The molecule has 1 aromatic carbocycles. The zero-order valence-electron chi connectivity index (χ0n) is 16.6. The zero-order chi connectivity index (χ0) is 20.3. The van der Waals surface area contributed by atoms with Gasteiger partial charge in [0.05, 0.1) is 12.0 Å². The number of primary amides is 1. The summed E-state index contributed by atoms with van der Waals surface area (Å²) in [6.07, 6.45) is 4.92. The van der Waals surface area contributed by atoms with Crippen LogP contribution in [0.15, 0.2) is 36.5 Å². The van der Waals surface area contributed by atoms with Crippen molar-refractivity contribution in [1.82, 2.24) is 9.78 Å². The second-order valence-corrected chi connectivity index (χ2v) is 8.28. The van der Waals surface area contributed by atoms with Gasteiger partial charge in [-0.2, -0.15) is 5.10 Å². The molecule has 28 heavy (non-hydrogen) atoms. The van der Waals surface area contributed by atoms with E-state index >= 15 is 0 Å². The van der Waals surface area contributed by atoms with Crippen molar-refractivity contribution in [2.75, 3.05) is 5.32 Å². The van der Waals surface area contributed by atoms with Crippen LogP contribution in [0.3, 0.4) is 0 Å². The second kappa shape index (κ2) is 8.04. The van der Waals surface area contributed by atoms with E-state index in [1.54, 1.807) is 10.9 Å². The van der Waals surface area contributed by atoms with Crippen LogP contribution in [0.1, 0.15) is 62.9 Å². The molecule has 0 radical (unpaired) electrons. The highest BCUT2D eigenvalue weighted by Crippen LogP contribution is 2.35. The number of hydrogen-bond acceptors (Lipinski definition) is 5. The van der Waals surface area contributed by atoms with Gasteiger partial charge in [-0.15, -0.1) is 0 Å². The number of benzene rings is 1. The SMILES string of the molecule is CC(C)(C)OC(=O)C1CCC[C@@H](n2cc(C(N)=O)c(Nc3ccccc3)n2)C1. The van der Waals surface area contributed by atoms with Crippen LogP contribution < -0.4 is 11.1 Å². The number of anilines is 2. The number of para-hydroxylation sites is 1. The van der Waals surface area contributed by atoms with Gasteiger partial charge in [-0.25, -0.2) is 0 Å². The molecule has 1 heterocycles. The van der Waals surface area contributed by atoms with Gasteiger partial charge in [-0.1, -0.05) is 24.6 Å². The minimum atomic E-state index is -0.538. The lowest BCUT2D eigenvalue weighted by molar-refractivity contribution is -0.161. The van der Waals surface area contributed by atoms with Crippen LogP contribution >= 0.6 is 0 Å². The Morgan fingerprint density at radius 2 is 1.93 bits per heavy atom. The van der Waals surface area contributed by atoms with Crippen molar-refractivity contribution in [2.24, 2.45) is 11.7 Å². The van der Waals surface area contributed by atoms with Crippen molar-refractivity contribution >= 4 is 23.4 Å². The number of ether oxygens (including phenoxy) is 1. The van der Waals surface area contributed by atoms with Gasteiger partial charge in [0, 0.05) is 11.9 Å². The van der Waals surface area contributed by atoms with Gasteiger partial charge in [-0.05, 0) is 52.2 Å². The molecule has 1 unspecified atom stereocenters. The molecule has 7 heteroatoms. The summed E-state index contributed by atoms with van der Waals surface area (Å²) >= 11 is 0. The fourth-order valence-electron chi connectivity index (χ4n) is 3.51. The van der Waals surface area contributed by atoms with E-state index in [0.29, 0.717) is 17.8 Å². The smallest absolute Gasteiger partial charge is 0.309 e. The monoisotopic (exact) mass is 384 g/mol. The third kappa shape index (κ3) is 4.91. The summed E-state index contributed by atoms with van der Waals surface area (Å²) in [5.74, 6) is -0.436. The number of rotatable bonds is 5. The first-order valence-corrected chi connectivity index (χ1v) is 9.67. The molecule has 1 fully saturated rings. The average molecular weight is 384 g/mol. The predicted octanol–water partition coefficient (Wildman–Crippen LogP) is 3.80. The van der Waals surface area contributed by atoms with Crippen molar-refractivity contribution in [1.29, 1.82) is 0 Å². The van der Waals surface area contributed by atoms with Crippen LogP contribution in [0, 0.1) is 5.92 Å². The Morgan fingerprint density at radius 1 is 1.21 bits per heavy atom. The van der Waals surface area contributed by atoms with Crippen LogP contribution in [0.2, 0.25) is 0 Å². The first kappa shape index (κ1) is 19.9. The Hall–Kier alpha value is -2.83. The number of nitrogens with zero attached hydrogens (tertiary/aromatic N) is 2. The summed E-state index contributed by atoms with van der Waals surface area (Å²) in [4.78, 5) is 24.4. The van der Waals surface area contributed by atoms with E-state index in [-0.39, 0.29) is 17.9 Å². The molecule has 0 saturated heterocycles. The molecule has 150 valence electrons. The van der Waals surface area contributed by atoms with Gasteiger partial charge >= 0.3 is 5.97 Å². The summed E-state index contributed by atoms with van der Waals surface area (Å²) in [5.41, 5.74) is 6.21. The molecule has 1 aromatic heterocycles. The lowest BCUT2D eigenvalue weighted by Crippen LogP contribution is -2.32. The van der Waals surface area contributed by atoms with E-state index < -0.39 is 11.5 Å². The number of nitrogens with two attached hydrogens (primary N) is 1. The van der Waals surface area contributed by atoms with Gasteiger partial charge in [0.15, 0.2) is 5.82 Å². The molecule has 2 atom stereocenters. The van der Waals surface area contributed by atoms with Crippen LogP contribution in [0.25, 0.3) is 0 Å². The topological polar surface area (TPSA) is 99.2 Å². The van der Waals surface area contributed by atoms with Gasteiger partial charge in [0.2, 0.25) is 0 Å². The largest absolute Gasteiger partial charge is 0.460 e. The third-order valence-electron chi connectivity index (χ3n) is 4.79.